The Hall–Kier alpha value is -2.96. The summed E-state index contributed by atoms with van der Waals surface area (Å²) in [7, 11) is 0. The number of rotatable bonds is 1. The number of nitrogens with zero attached hydrogens (tertiary/aromatic N) is 1. The van der Waals surface area contributed by atoms with E-state index in [0.717, 1.165) is 24.3 Å². The van der Waals surface area contributed by atoms with Gasteiger partial charge in [-0.15, -0.1) is 4.91 Å². The second kappa shape index (κ2) is 4.27. The summed E-state index contributed by atoms with van der Waals surface area (Å²) >= 11 is 0. The normalized spacial score (nSPS) is 26.7. The van der Waals surface area contributed by atoms with Crippen LogP contribution in [0.5, 0.6) is 11.5 Å². The highest BCUT2D eigenvalue weighted by Gasteiger charge is 2.57. The van der Waals surface area contributed by atoms with E-state index in [0.29, 0.717) is 0 Å². The highest BCUT2D eigenvalue weighted by atomic mass is 16.3. The summed E-state index contributed by atoms with van der Waals surface area (Å²) in [4.78, 5) is 36.4. The largest absolute Gasteiger partial charge is 0.511 e. The van der Waals surface area contributed by atoms with Gasteiger partial charge in [0, 0.05) is 0 Å². The lowest BCUT2D eigenvalue weighted by molar-refractivity contribution is 0.0592. The first-order valence-electron chi connectivity index (χ1n) is 6.42. The third-order valence-electron chi connectivity index (χ3n) is 4.29. The van der Waals surface area contributed by atoms with Crippen LogP contribution in [0.3, 0.4) is 0 Å². The summed E-state index contributed by atoms with van der Waals surface area (Å²) in [5.74, 6) is -4.22. The molecule has 1 aromatic rings. The molecule has 2 aliphatic rings. The lowest BCUT2D eigenvalue weighted by Gasteiger charge is -2.40. The fourth-order valence-corrected chi connectivity index (χ4v) is 3.07. The fraction of sp³-hybridized carbons (Fsp3) is 0.200. The number of carbonyl (C=O) groups is 2. The summed E-state index contributed by atoms with van der Waals surface area (Å²) in [5.41, 5.74) is -2.69. The van der Waals surface area contributed by atoms with Crippen LogP contribution in [0.1, 0.15) is 27.6 Å². The molecule has 2 unspecified atom stereocenters. The molecule has 7 heteroatoms. The minimum Gasteiger partial charge on any atom is -0.511 e. The Kier molecular flexibility index (Phi) is 2.71. The van der Waals surface area contributed by atoms with Crippen LogP contribution in [-0.4, -0.2) is 26.9 Å². The quantitative estimate of drug-likeness (QED) is 0.539. The van der Waals surface area contributed by atoms with Crippen LogP contribution in [-0.2, 0) is 0 Å². The first kappa shape index (κ1) is 14.0. The second-order valence-electron chi connectivity index (χ2n) is 5.42. The van der Waals surface area contributed by atoms with Crippen LogP contribution in [0, 0.1) is 16.2 Å². The molecule has 0 bridgehead atoms. The predicted octanol–water partition coefficient (Wildman–Crippen LogP) is 2.21. The molecule has 2 atom stereocenters. The van der Waals surface area contributed by atoms with E-state index in [1.165, 1.54) is 6.92 Å². The zero-order valence-electron chi connectivity index (χ0n) is 11.4. The number of hydrogen-bond acceptors (Lipinski definition) is 7. The van der Waals surface area contributed by atoms with E-state index in [-0.39, 0.29) is 16.8 Å². The number of nitroso groups, excluding NO2 is 1. The molecule has 2 aliphatic carbocycles. The number of phenolic OH excluding ortho intramolecular Hbond substituents is 2. The molecule has 0 aromatic heterocycles. The molecule has 3 N–H and O–H groups in total. The van der Waals surface area contributed by atoms with Crippen molar-refractivity contribution in [2.45, 2.75) is 6.92 Å². The van der Waals surface area contributed by atoms with Gasteiger partial charge in [-0.2, -0.15) is 0 Å². The number of allylic oxidation sites excluding steroid dienone is 4. The summed E-state index contributed by atoms with van der Waals surface area (Å²) in [6.07, 6.45) is 2.29. The number of aliphatic hydroxyl groups is 1. The van der Waals surface area contributed by atoms with E-state index >= 15 is 0 Å². The van der Waals surface area contributed by atoms with Gasteiger partial charge in [0.25, 0.3) is 0 Å². The van der Waals surface area contributed by atoms with Crippen molar-refractivity contribution in [1.29, 1.82) is 0 Å². The van der Waals surface area contributed by atoms with Crippen LogP contribution < -0.4 is 0 Å². The summed E-state index contributed by atoms with van der Waals surface area (Å²) < 4.78 is 0. The molecule has 3 rings (SSSR count). The molecule has 0 amide bonds. The zero-order chi connectivity index (χ0) is 16.2. The van der Waals surface area contributed by atoms with Gasteiger partial charge in [0.2, 0.25) is 0 Å². The smallest absolute Gasteiger partial charge is 0.181 e. The topological polar surface area (TPSA) is 124 Å². The van der Waals surface area contributed by atoms with Crippen LogP contribution in [0.4, 0.5) is 0 Å². The Balaban J connectivity index is 2.40. The van der Waals surface area contributed by atoms with E-state index < -0.39 is 40.2 Å². The number of phenols is 2. The van der Waals surface area contributed by atoms with Crippen molar-refractivity contribution < 1.29 is 24.9 Å². The highest BCUT2D eigenvalue weighted by Crippen LogP contribution is 2.52. The number of benzene rings is 1. The summed E-state index contributed by atoms with van der Waals surface area (Å²) in [5, 5.41) is 32.6. The predicted molar refractivity (Wildman–Crippen MR) is 74.6 cm³/mol. The number of carbonyl (C=O) groups excluding carboxylic acids is 2. The van der Waals surface area contributed by atoms with Crippen molar-refractivity contribution in [3.05, 3.63) is 51.8 Å². The minimum absolute atomic E-state index is 0.216. The molecular formula is C15H11NO6. The molecule has 7 nitrogen and oxygen atoms in total. The van der Waals surface area contributed by atoms with Gasteiger partial charge in [0.15, 0.2) is 11.6 Å². The summed E-state index contributed by atoms with van der Waals surface area (Å²) in [6.45, 7) is 1.30. The van der Waals surface area contributed by atoms with E-state index in [2.05, 4.69) is 5.18 Å². The van der Waals surface area contributed by atoms with Gasteiger partial charge in [-0.25, -0.2) is 0 Å². The van der Waals surface area contributed by atoms with Crippen molar-refractivity contribution in [2.75, 3.05) is 0 Å². The maximum absolute atomic E-state index is 12.8. The molecule has 112 valence electrons. The van der Waals surface area contributed by atoms with Crippen molar-refractivity contribution in [3.8, 4) is 11.5 Å². The molecule has 0 saturated heterocycles. The Labute approximate surface area is 124 Å². The third-order valence-corrected chi connectivity index (χ3v) is 4.29. The molecule has 22 heavy (non-hydrogen) atoms. The first-order valence-corrected chi connectivity index (χ1v) is 6.42. The lowest BCUT2D eigenvalue weighted by Crippen LogP contribution is -2.48. The van der Waals surface area contributed by atoms with Crippen molar-refractivity contribution in [1.82, 2.24) is 0 Å². The molecule has 0 spiro atoms. The Morgan fingerprint density at radius 1 is 1.05 bits per heavy atom. The molecule has 0 heterocycles. The molecule has 0 fully saturated rings. The van der Waals surface area contributed by atoms with E-state index in [4.69, 9.17) is 0 Å². The van der Waals surface area contributed by atoms with E-state index in [9.17, 15) is 29.8 Å². The summed E-state index contributed by atoms with van der Waals surface area (Å²) in [6, 6.07) is 2.17. The number of hydrogen-bond donors (Lipinski definition) is 3. The monoisotopic (exact) mass is 301 g/mol. The van der Waals surface area contributed by atoms with Gasteiger partial charge in [0.1, 0.15) is 22.7 Å². The van der Waals surface area contributed by atoms with Crippen molar-refractivity contribution in [3.63, 3.8) is 0 Å². The van der Waals surface area contributed by atoms with E-state index in [1.807, 2.05) is 0 Å². The Morgan fingerprint density at radius 3 is 2.23 bits per heavy atom. The standard InChI is InChI=1S/C15H11NO6/c1-15-9(19)5-2-6(16-22)12(15)13(20)10-7(17)3-4-8(18)11(10)14(15)21/h2-5,12,17-19H,1H3. The van der Waals surface area contributed by atoms with Gasteiger partial charge in [-0.05, 0) is 36.4 Å². The van der Waals surface area contributed by atoms with Crippen LogP contribution in [0.2, 0.25) is 0 Å². The SMILES string of the molecule is CC12C(=O)c3c(O)ccc(O)c3C(=O)C1C(N=O)=CC=C2O. The van der Waals surface area contributed by atoms with Gasteiger partial charge in [0.05, 0.1) is 22.7 Å². The average molecular weight is 301 g/mol. The third kappa shape index (κ3) is 1.45. The molecule has 0 saturated carbocycles. The zero-order valence-corrected chi connectivity index (χ0v) is 11.4. The van der Waals surface area contributed by atoms with Gasteiger partial charge >= 0.3 is 0 Å². The van der Waals surface area contributed by atoms with E-state index in [1.54, 1.807) is 0 Å². The fourth-order valence-electron chi connectivity index (χ4n) is 3.07. The number of ketones is 2. The van der Waals surface area contributed by atoms with Crippen LogP contribution in [0.25, 0.3) is 0 Å². The van der Waals surface area contributed by atoms with Crippen molar-refractivity contribution >= 4 is 11.6 Å². The van der Waals surface area contributed by atoms with Crippen molar-refractivity contribution in [2.24, 2.45) is 16.5 Å². The highest BCUT2D eigenvalue weighted by molar-refractivity contribution is 6.22. The minimum atomic E-state index is -1.74. The Bertz CT molecular complexity index is 806. The lowest BCUT2D eigenvalue weighted by atomic mass is 9.60. The second-order valence-corrected chi connectivity index (χ2v) is 5.42. The van der Waals surface area contributed by atoms with Crippen LogP contribution in [0.15, 0.2) is 40.9 Å². The number of aliphatic hydroxyl groups excluding tert-OH is 1. The molecular weight excluding hydrogens is 290 g/mol. The Morgan fingerprint density at radius 2 is 1.64 bits per heavy atom. The number of fused-ring (bicyclic) bond motifs is 2. The molecule has 1 aromatic carbocycles. The molecule has 0 radical (unpaired) electrons. The number of Topliss-reactive ketones (excluding diaryl/α,β-unsaturated/α-hetero) is 2. The van der Waals surface area contributed by atoms with Gasteiger partial charge in [-0.1, -0.05) is 0 Å². The number of aromatic hydroxyl groups is 2. The maximum atomic E-state index is 12.8. The maximum Gasteiger partial charge on any atom is 0.181 e. The van der Waals surface area contributed by atoms with Crippen LogP contribution >= 0.6 is 0 Å². The first-order chi connectivity index (χ1) is 10.3. The molecule has 0 aliphatic heterocycles. The van der Waals surface area contributed by atoms with Gasteiger partial charge < -0.3 is 15.3 Å². The average Bonchev–Trinajstić information content (AvgIpc) is 2.49. The van der Waals surface area contributed by atoms with Gasteiger partial charge in [-0.3, -0.25) is 9.59 Å².